The molecule has 1 atom stereocenters. The van der Waals surface area contributed by atoms with Crippen molar-refractivity contribution in [3.63, 3.8) is 0 Å². The van der Waals surface area contributed by atoms with Crippen molar-refractivity contribution < 1.29 is 17.7 Å². The van der Waals surface area contributed by atoms with Crippen molar-refractivity contribution in [1.82, 2.24) is 20.4 Å². The maximum atomic E-state index is 12.8. The molecule has 0 saturated carbocycles. The molecule has 3 rings (SSSR count). The monoisotopic (exact) mass is 388 g/mol. The second-order valence-corrected chi connectivity index (χ2v) is 6.10. The highest BCUT2D eigenvalue weighted by Crippen LogP contribution is 2.31. The van der Waals surface area contributed by atoms with E-state index in [1.54, 1.807) is 19.1 Å². The maximum Gasteiger partial charge on any atom is 0.416 e. The quantitative estimate of drug-likeness (QED) is 0.869. The lowest BCUT2D eigenvalue weighted by atomic mass is 10.0. The first-order valence-corrected chi connectivity index (χ1v) is 7.95. The van der Waals surface area contributed by atoms with Crippen LogP contribution in [0.3, 0.4) is 0 Å². The standard InChI is InChI=1S/C17H19F3N4O.ClH/c1-11(12-4-3-5-13(9-12)17(18,19)20)8-15-22-16(23-25-15)14-10-21-6-7-24(14)2;/h3-5,8-9,14,21H,6-7,10H2,1-2H3;1H/b11-8-;. The number of allylic oxidation sites excluding steroid dienone is 1. The lowest BCUT2D eigenvalue weighted by Crippen LogP contribution is -2.44. The number of hydrogen-bond donors (Lipinski definition) is 1. The highest BCUT2D eigenvalue weighted by Gasteiger charge is 2.30. The minimum Gasteiger partial charge on any atom is -0.335 e. The zero-order chi connectivity index (χ0) is 18.0. The molecule has 1 saturated heterocycles. The molecular weight excluding hydrogens is 369 g/mol. The number of hydrogen-bond acceptors (Lipinski definition) is 5. The Bertz CT molecular complexity index is 775. The molecule has 0 bridgehead atoms. The van der Waals surface area contributed by atoms with Crippen LogP contribution in [-0.4, -0.2) is 41.7 Å². The van der Waals surface area contributed by atoms with E-state index in [0.29, 0.717) is 17.0 Å². The van der Waals surface area contributed by atoms with Gasteiger partial charge in [0.2, 0.25) is 0 Å². The topological polar surface area (TPSA) is 54.2 Å². The van der Waals surface area contributed by atoms with Crippen LogP contribution in [0.1, 0.15) is 35.8 Å². The van der Waals surface area contributed by atoms with Crippen LogP contribution in [0.15, 0.2) is 28.8 Å². The molecule has 1 aliphatic rings. The molecule has 0 spiro atoms. The molecule has 142 valence electrons. The van der Waals surface area contributed by atoms with Gasteiger partial charge in [0, 0.05) is 25.7 Å². The summed E-state index contributed by atoms with van der Waals surface area (Å²) in [5.41, 5.74) is 0.404. The smallest absolute Gasteiger partial charge is 0.335 e. The third-order valence-electron chi connectivity index (χ3n) is 4.25. The molecule has 2 heterocycles. The summed E-state index contributed by atoms with van der Waals surface area (Å²) in [6.07, 6.45) is -2.77. The number of alkyl halides is 3. The third kappa shape index (κ3) is 4.63. The van der Waals surface area contributed by atoms with Crippen molar-refractivity contribution in [2.24, 2.45) is 0 Å². The van der Waals surface area contributed by atoms with Crippen molar-refractivity contribution in [3.05, 3.63) is 47.1 Å². The second kappa shape index (κ2) is 8.20. The van der Waals surface area contributed by atoms with E-state index in [2.05, 4.69) is 20.4 Å². The van der Waals surface area contributed by atoms with Gasteiger partial charge in [0.15, 0.2) is 5.82 Å². The molecule has 1 fully saturated rings. The summed E-state index contributed by atoms with van der Waals surface area (Å²) in [5, 5.41) is 7.28. The minimum absolute atomic E-state index is 0. The van der Waals surface area contributed by atoms with Gasteiger partial charge in [0.1, 0.15) is 0 Å². The highest BCUT2D eigenvalue weighted by molar-refractivity contribution is 5.85. The van der Waals surface area contributed by atoms with Crippen LogP contribution in [0.25, 0.3) is 11.6 Å². The van der Waals surface area contributed by atoms with Gasteiger partial charge in [-0.05, 0) is 37.2 Å². The van der Waals surface area contributed by atoms with Crippen molar-refractivity contribution >= 4 is 24.1 Å². The van der Waals surface area contributed by atoms with Crippen LogP contribution < -0.4 is 5.32 Å². The fraction of sp³-hybridized carbons (Fsp3) is 0.412. The van der Waals surface area contributed by atoms with E-state index in [1.807, 2.05) is 7.05 Å². The van der Waals surface area contributed by atoms with E-state index >= 15 is 0 Å². The number of aromatic nitrogens is 2. The Morgan fingerprint density at radius 1 is 1.38 bits per heavy atom. The summed E-state index contributed by atoms with van der Waals surface area (Å²) >= 11 is 0. The van der Waals surface area contributed by atoms with Crippen molar-refractivity contribution in [3.8, 4) is 0 Å². The maximum absolute atomic E-state index is 12.8. The van der Waals surface area contributed by atoms with Gasteiger partial charge in [0.05, 0.1) is 11.6 Å². The number of likely N-dealkylation sites (N-methyl/N-ethyl adjacent to an activating group) is 1. The largest absolute Gasteiger partial charge is 0.416 e. The fourth-order valence-electron chi connectivity index (χ4n) is 2.74. The molecule has 1 aromatic carbocycles. The van der Waals surface area contributed by atoms with Gasteiger partial charge >= 0.3 is 6.18 Å². The molecular formula is C17H20ClF3N4O. The summed E-state index contributed by atoms with van der Waals surface area (Å²) in [6.45, 7) is 4.24. The van der Waals surface area contributed by atoms with Crippen LogP contribution in [0, 0.1) is 0 Å². The number of benzene rings is 1. The zero-order valence-electron chi connectivity index (χ0n) is 14.4. The first-order chi connectivity index (χ1) is 11.8. The SMILES string of the molecule is C/C(=C/c1nc(C2CNCCN2C)no1)c1cccc(C(F)(F)F)c1.Cl. The van der Waals surface area contributed by atoms with E-state index < -0.39 is 11.7 Å². The molecule has 0 aliphatic carbocycles. The van der Waals surface area contributed by atoms with Crippen LogP contribution in [0.2, 0.25) is 0 Å². The van der Waals surface area contributed by atoms with Crippen LogP contribution in [0.5, 0.6) is 0 Å². The van der Waals surface area contributed by atoms with Crippen molar-refractivity contribution in [1.29, 1.82) is 0 Å². The van der Waals surface area contributed by atoms with Gasteiger partial charge in [0.25, 0.3) is 5.89 Å². The Kier molecular flexibility index (Phi) is 6.44. The Hall–Kier alpha value is -1.90. The molecule has 5 nitrogen and oxygen atoms in total. The van der Waals surface area contributed by atoms with Gasteiger partial charge in [-0.3, -0.25) is 4.90 Å². The molecule has 0 radical (unpaired) electrons. The Balaban J connectivity index is 0.00000243. The summed E-state index contributed by atoms with van der Waals surface area (Å²) < 4.78 is 43.7. The Morgan fingerprint density at radius 3 is 2.85 bits per heavy atom. The number of halogens is 4. The van der Waals surface area contributed by atoms with Gasteiger partial charge < -0.3 is 9.84 Å². The van der Waals surface area contributed by atoms with E-state index in [-0.39, 0.29) is 24.3 Å². The summed E-state index contributed by atoms with van der Waals surface area (Å²) in [5.74, 6) is 0.849. The van der Waals surface area contributed by atoms with Gasteiger partial charge in [-0.15, -0.1) is 12.4 Å². The van der Waals surface area contributed by atoms with Crippen LogP contribution in [0.4, 0.5) is 13.2 Å². The summed E-state index contributed by atoms with van der Waals surface area (Å²) in [4.78, 5) is 6.50. The van der Waals surface area contributed by atoms with E-state index in [0.717, 1.165) is 31.8 Å². The average Bonchev–Trinajstić information content (AvgIpc) is 3.03. The minimum atomic E-state index is -4.37. The number of piperazine rings is 1. The molecule has 1 aromatic heterocycles. The van der Waals surface area contributed by atoms with E-state index in [1.165, 1.54) is 6.07 Å². The van der Waals surface area contributed by atoms with Gasteiger partial charge in [-0.1, -0.05) is 17.3 Å². The average molecular weight is 389 g/mol. The summed E-state index contributed by atoms with van der Waals surface area (Å²) in [7, 11) is 1.99. The van der Waals surface area contributed by atoms with Gasteiger partial charge in [-0.25, -0.2) is 0 Å². The van der Waals surface area contributed by atoms with E-state index in [4.69, 9.17) is 4.52 Å². The lowest BCUT2D eigenvalue weighted by molar-refractivity contribution is -0.137. The van der Waals surface area contributed by atoms with Crippen molar-refractivity contribution in [2.45, 2.75) is 19.1 Å². The number of rotatable bonds is 3. The first kappa shape index (κ1) is 20.4. The van der Waals surface area contributed by atoms with E-state index in [9.17, 15) is 13.2 Å². The first-order valence-electron chi connectivity index (χ1n) is 7.95. The second-order valence-electron chi connectivity index (χ2n) is 6.10. The Morgan fingerprint density at radius 2 is 2.15 bits per heavy atom. The van der Waals surface area contributed by atoms with Crippen LogP contribution >= 0.6 is 12.4 Å². The molecule has 9 heteroatoms. The third-order valence-corrected chi connectivity index (χ3v) is 4.25. The molecule has 1 N–H and O–H groups in total. The van der Waals surface area contributed by atoms with Crippen molar-refractivity contribution in [2.75, 3.05) is 26.7 Å². The molecule has 2 aromatic rings. The predicted octanol–water partition coefficient (Wildman–Crippen LogP) is 3.65. The zero-order valence-corrected chi connectivity index (χ0v) is 15.2. The molecule has 1 aliphatic heterocycles. The van der Waals surface area contributed by atoms with Gasteiger partial charge in [-0.2, -0.15) is 18.2 Å². The molecule has 26 heavy (non-hydrogen) atoms. The number of nitrogens with zero attached hydrogens (tertiary/aromatic N) is 3. The molecule has 0 amide bonds. The fourth-order valence-corrected chi connectivity index (χ4v) is 2.74. The summed E-state index contributed by atoms with van der Waals surface area (Å²) in [6, 6.07) is 5.19. The van der Waals surface area contributed by atoms with Crippen LogP contribution in [-0.2, 0) is 6.18 Å². The number of nitrogens with one attached hydrogen (secondary N) is 1. The predicted molar refractivity (Wildman–Crippen MR) is 94.8 cm³/mol. The Labute approximate surface area is 155 Å². The molecule has 1 unspecified atom stereocenters. The normalized spacial score (nSPS) is 19.3. The highest BCUT2D eigenvalue weighted by atomic mass is 35.5. The lowest BCUT2D eigenvalue weighted by Gasteiger charge is -2.30.